The molecule has 1 amide bonds. The van der Waals surface area contributed by atoms with Gasteiger partial charge < -0.3 is 15.4 Å². The van der Waals surface area contributed by atoms with Gasteiger partial charge in [0.05, 0.1) is 0 Å². The van der Waals surface area contributed by atoms with E-state index in [1.807, 2.05) is 45.0 Å². The zero-order valence-corrected chi connectivity index (χ0v) is 13.7. The molecule has 0 saturated heterocycles. The Morgan fingerprint density at radius 1 is 1.20 bits per heavy atom. The Labute approximate surface area is 128 Å². The lowest BCUT2D eigenvalue weighted by Gasteiger charge is -2.37. The van der Waals surface area contributed by atoms with Crippen molar-refractivity contribution in [2.24, 2.45) is 0 Å². The first kappa shape index (κ1) is 15.2. The summed E-state index contributed by atoms with van der Waals surface area (Å²) in [5.74, 6) is 0. The summed E-state index contributed by atoms with van der Waals surface area (Å²) in [7, 11) is 0. The number of carbonyl (C=O) groups is 1. The molecule has 1 aliphatic rings. The minimum absolute atomic E-state index is 0.206. The van der Waals surface area contributed by atoms with Crippen molar-refractivity contribution in [1.29, 1.82) is 0 Å². The number of hydrogen-bond donors (Lipinski definition) is 2. The van der Waals surface area contributed by atoms with Gasteiger partial charge in [-0.2, -0.15) is 0 Å². The summed E-state index contributed by atoms with van der Waals surface area (Å²) in [5.41, 5.74) is 0.664. The molecule has 1 saturated carbocycles. The molecule has 2 N–H and O–H groups in total. The standard InChI is InChI=1S/C15H21BrN2O2/c1-15(2,3)20-14(19)18-13-8-12(9-13)17-11-6-4-10(16)5-7-11/h4-7,12-13,17H,8-9H2,1-3H3,(H,18,19)/t12-,13-. The fraction of sp³-hybridized carbons (Fsp3) is 0.533. The molecule has 1 aromatic carbocycles. The Morgan fingerprint density at radius 3 is 2.35 bits per heavy atom. The molecule has 1 aliphatic carbocycles. The van der Waals surface area contributed by atoms with Crippen molar-refractivity contribution in [2.45, 2.75) is 51.3 Å². The van der Waals surface area contributed by atoms with E-state index in [1.54, 1.807) is 0 Å². The zero-order chi connectivity index (χ0) is 14.8. The van der Waals surface area contributed by atoms with E-state index in [-0.39, 0.29) is 12.1 Å². The molecule has 0 radical (unpaired) electrons. The van der Waals surface area contributed by atoms with Crippen LogP contribution in [0, 0.1) is 0 Å². The number of hydrogen-bond acceptors (Lipinski definition) is 3. The van der Waals surface area contributed by atoms with Gasteiger partial charge in [0.2, 0.25) is 0 Å². The third-order valence-electron chi connectivity index (χ3n) is 3.07. The summed E-state index contributed by atoms with van der Waals surface area (Å²) >= 11 is 3.41. The Kier molecular flexibility index (Phi) is 4.58. The minimum atomic E-state index is -0.442. The molecule has 0 unspecified atom stereocenters. The van der Waals surface area contributed by atoms with Crippen molar-refractivity contribution in [3.8, 4) is 0 Å². The van der Waals surface area contributed by atoms with E-state index in [1.165, 1.54) is 0 Å². The van der Waals surface area contributed by atoms with Gasteiger partial charge in [-0.25, -0.2) is 4.79 Å². The topological polar surface area (TPSA) is 50.4 Å². The van der Waals surface area contributed by atoms with E-state index in [4.69, 9.17) is 4.74 Å². The molecule has 2 rings (SSSR count). The second-order valence-electron chi connectivity index (χ2n) is 6.16. The van der Waals surface area contributed by atoms with Gasteiger partial charge in [0.25, 0.3) is 0 Å². The number of amides is 1. The van der Waals surface area contributed by atoms with Crippen LogP contribution in [0.3, 0.4) is 0 Å². The Balaban J connectivity index is 1.70. The van der Waals surface area contributed by atoms with Crippen LogP contribution in [0.25, 0.3) is 0 Å². The van der Waals surface area contributed by atoms with Crippen molar-refractivity contribution in [3.05, 3.63) is 28.7 Å². The second kappa shape index (κ2) is 6.04. The van der Waals surface area contributed by atoms with Gasteiger partial charge in [0, 0.05) is 22.2 Å². The first-order valence-corrected chi connectivity index (χ1v) is 7.63. The maximum Gasteiger partial charge on any atom is 0.407 e. The summed E-state index contributed by atoms with van der Waals surface area (Å²) in [5, 5.41) is 6.33. The zero-order valence-electron chi connectivity index (χ0n) is 12.1. The monoisotopic (exact) mass is 340 g/mol. The van der Waals surface area contributed by atoms with Gasteiger partial charge in [0.1, 0.15) is 5.60 Å². The number of alkyl carbamates (subject to hydrolysis) is 1. The van der Waals surface area contributed by atoms with Gasteiger partial charge in [-0.1, -0.05) is 15.9 Å². The normalized spacial score (nSPS) is 21.8. The highest BCUT2D eigenvalue weighted by Crippen LogP contribution is 2.25. The lowest BCUT2D eigenvalue weighted by molar-refractivity contribution is 0.0475. The van der Waals surface area contributed by atoms with Gasteiger partial charge in [-0.05, 0) is 57.9 Å². The van der Waals surface area contributed by atoms with E-state index < -0.39 is 5.60 Å². The first-order valence-electron chi connectivity index (χ1n) is 6.83. The highest BCUT2D eigenvalue weighted by atomic mass is 79.9. The molecule has 0 aliphatic heterocycles. The molecule has 0 spiro atoms. The Morgan fingerprint density at radius 2 is 1.80 bits per heavy atom. The summed E-state index contributed by atoms with van der Waals surface area (Å²) in [4.78, 5) is 11.6. The molecule has 0 heterocycles. The van der Waals surface area contributed by atoms with E-state index >= 15 is 0 Å². The molecule has 0 bridgehead atoms. The number of rotatable bonds is 3. The smallest absolute Gasteiger partial charge is 0.407 e. The van der Waals surface area contributed by atoms with E-state index in [0.29, 0.717) is 6.04 Å². The second-order valence-corrected chi connectivity index (χ2v) is 7.08. The molecule has 5 heteroatoms. The largest absolute Gasteiger partial charge is 0.444 e. The molecule has 4 nitrogen and oxygen atoms in total. The fourth-order valence-electron chi connectivity index (χ4n) is 2.11. The molecule has 20 heavy (non-hydrogen) atoms. The number of carbonyl (C=O) groups excluding carboxylic acids is 1. The van der Waals surface area contributed by atoms with Crippen LogP contribution in [0.5, 0.6) is 0 Å². The van der Waals surface area contributed by atoms with Crippen molar-refractivity contribution < 1.29 is 9.53 Å². The van der Waals surface area contributed by atoms with Crippen LogP contribution >= 0.6 is 15.9 Å². The summed E-state index contributed by atoms with van der Waals surface area (Å²) in [6, 6.07) is 8.72. The minimum Gasteiger partial charge on any atom is -0.444 e. The van der Waals surface area contributed by atoms with Crippen LogP contribution in [0.4, 0.5) is 10.5 Å². The predicted molar refractivity (Wildman–Crippen MR) is 83.9 cm³/mol. The lowest BCUT2D eigenvalue weighted by atomic mass is 9.86. The quantitative estimate of drug-likeness (QED) is 0.876. The Bertz CT molecular complexity index is 462. The average Bonchev–Trinajstić information content (AvgIpc) is 2.26. The van der Waals surface area contributed by atoms with Crippen molar-refractivity contribution >= 4 is 27.7 Å². The van der Waals surface area contributed by atoms with E-state index in [0.717, 1.165) is 23.0 Å². The highest BCUT2D eigenvalue weighted by molar-refractivity contribution is 9.10. The number of anilines is 1. The van der Waals surface area contributed by atoms with Crippen LogP contribution in [-0.4, -0.2) is 23.8 Å². The van der Waals surface area contributed by atoms with Crippen LogP contribution in [0.1, 0.15) is 33.6 Å². The molecule has 1 aromatic rings. The highest BCUT2D eigenvalue weighted by Gasteiger charge is 2.31. The number of ether oxygens (including phenoxy) is 1. The lowest BCUT2D eigenvalue weighted by Crippen LogP contribution is -2.50. The van der Waals surface area contributed by atoms with Gasteiger partial charge >= 0.3 is 6.09 Å². The fourth-order valence-corrected chi connectivity index (χ4v) is 2.37. The van der Waals surface area contributed by atoms with Gasteiger partial charge in [0.15, 0.2) is 0 Å². The molecular weight excluding hydrogens is 320 g/mol. The Hall–Kier alpha value is -1.23. The number of benzene rings is 1. The van der Waals surface area contributed by atoms with Crippen LogP contribution in [-0.2, 0) is 4.74 Å². The first-order chi connectivity index (χ1) is 9.32. The maximum atomic E-state index is 11.6. The van der Waals surface area contributed by atoms with E-state index in [9.17, 15) is 4.79 Å². The summed E-state index contributed by atoms with van der Waals surface area (Å²) < 4.78 is 6.31. The van der Waals surface area contributed by atoms with Crippen LogP contribution in [0.2, 0.25) is 0 Å². The van der Waals surface area contributed by atoms with Gasteiger partial charge in [-0.3, -0.25) is 0 Å². The maximum absolute atomic E-state index is 11.6. The molecule has 0 atom stereocenters. The summed E-state index contributed by atoms with van der Waals surface area (Å²) in [6.07, 6.45) is 1.52. The van der Waals surface area contributed by atoms with E-state index in [2.05, 4.69) is 26.6 Å². The molecule has 1 fully saturated rings. The predicted octanol–water partition coefficient (Wildman–Crippen LogP) is 3.92. The van der Waals surface area contributed by atoms with Crippen molar-refractivity contribution in [1.82, 2.24) is 5.32 Å². The molecule has 110 valence electrons. The third-order valence-corrected chi connectivity index (χ3v) is 3.60. The van der Waals surface area contributed by atoms with Crippen molar-refractivity contribution in [2.75, 3.05) is 5.32 Å². The summed E-state index contributed by atoms with van der Waals surface area (Å²) in [6.45, 7) is 5.60. The molecular formula is C15H21BrN2O2. The van der Waals surface area contributed by atoms with Crippen molar-refractivity contribution in [3.63, 3.8) is 0 Å². The number of halogens is 1. The third kappa shape index (κ3) is 4.71. The average molecular weight is 341 g/mol. The number of nitrogens with one attached hydrogen (secondary N) is 2. The SMILES string of the molecule is CC(C)(C)OC(=O)N[C@H]1C[C@H](Nc2ccc(Br)cc2)C1. The van der Waals surface area contributed by atoms with Gasteiger partial charge in [-0.15, -0.1) is 0 Å². The molecule has 0 aromatic heterocycles. The van der Waals surface area contributed by atoms with Crippen LogP contribution < -0.4 is 10.6 Å². The van der Waals surface area contributed by atoms with Crippen LogP contribution in [0.15, 0.2) is 28.7 Å².